The van der Waals surface area contributed by atoms with Crippen molar-refractivity contribution in [1.82, 2.24) is 0 Å². The van der Waals surface area contributed by atoms with Crippen molar-refractivity contribution < 1.29 is 9.13 Å². The summed E-state index contributed by atoms with van der Waals surface area (Å²) in [5.41, 5.74) is 6.57. The van der Waals surface area contributed by atoms with E-state index < -0.39 is 0 Å². The molecule has 17 heavy (non-hydrogen) atoms. The van der Waals surface area contributed by atoms with Crippen molar-refractivity contribution in [3.05, 3.63) is 29.6 Å². The van der Waals surface area contributed by atoms with Crippen LogP contribution in [0.15, 0.2) is 18.2 Å². The number of rotatable bonds is 6. The van der Waals surface area contributed by atoms with Crippen molar-refractivity contribution in [2.75, 3.05) is 13.7 Å². The van der Waals surface area contributed by atoms with E-state index in [-0.39, 0.29) is 5.82 Å². The van der Waals surface area contributed by atoms with E-state index in [0.29, 0.717) is 24.1 Å². The van der Waals surface area contributed by atoms with Gasteiger partial charge in [-0.25, -0.2) is 4.39 Å². The second-order valence-electron chi connectivity index (χ2n) is 4.68. The van der Waals surface area contributed by atoms with Gasteiger partial charge in [0.15, 0.2) is 11.6 Å². The van der Waals surface area contributed by atoms with Crippen LogP contribution in [0.3, 0.4) is 0 Å². The minimum absolute atomic E-state index is 0.289. The Balaban J connectivity index is 2.90. The zero-order valence-electron chi connectivity index (χ0n) is 10.9. The van der Waals surface area contributed by atoms with Gasteiger partial charge in [0.25, 0.3) is 0 Å². The fourth-order valence-corrected chi connectivity index (χ4v) is 2.14. The Hall–Kier alpha value is -1.09. The molecule has 1 unspecified atom stereocenters. The minimum atomic E-state index is -0.289. The maximum absolute atomic E-state index is 13.6. The largest absolute Gasteiger partial charge is 0.494 e. The SMILES string of the molecule is COc1ccc(C(CCCN)C(C)C)cc1F. The van der Waals surface area contributed by atoms with Gasteiger partial charge in [0.05, 0.1) is 7.11 Å². The van der Waals surface area contributed by atoms with Crippen LogP contribution in [0.4, 0.5) is 4.39 Å². The van der Waals surface area contributed by atoms with E-state index in [4.69, 9.17) is 10.5 Å². The number of methoxy groups -OCH3 is 1. The molecule has 2 nitrogen and oxygen atoms in total. The van der Waals surface area contributed by atoms with Gasteiger partial charge >= 0.3 is 0 Å². The first kappa shape index (κ1) is 14.0. The molecule has 0 aromatic heterocycles. The fourth-order valence-electron chi connectivity index (χ4n) is 2.14. The molecular formula is C14H22FNO. The molecule has 0 heterocycles. The molecule has 0 bridgehead atoms. The molecule has 0 aliphatic heterocycles. The lowest BCUT2D eigenvalue weighted by Crippen LogP contribution is -2.10. The summed E-state index contributed by atoms with van der Waals surface area (Å²) in [6.45, 7) is 4.99. The Labute approximate surface area is 103 Å². The number of hydrogen-bond donors (Lipinski definition) is 1. The van der Waals surface area contributed by atoms with E-state index in [9.17, 15) is 4.39 Å². The van der Waals surface area contributed by atoms with Gasteiger partial charge in [-0.05, 0) is 48.9 Å². The molecule has 2 N–H and O–H groups in total. The highest BCUT2D eigenvalue weighted by atomic mass is 19.1. The van der Waals surface area contributed by atoms with Crippen molar-refractivity contribution in [2.24, 2.45) is 11.7 Å². The Morgan fingerprint density at radius 2 is 2.06 bits per heavy atom. The third-order valence-corrected chi connectivity index (χ3v) is 3.13. The van der Waals surface area contributed by atoms with Crippen LogP contribution in [0, 0.1) is 11.7 Å². The number of nitrogens with two attached hydrogens (primary N) is 1. The average Bonchev–Trinajstić information content (AvgIpc) is 2.29. The van der Waals surface area contributed by atoms with Crippen LogP contribution in [-0.4, -0.2) is 13.7 Å². The highest BCUT2D eigenvalue weighted by molar-refractivity contribution is 5.31. The van der Waals surface area contributed by atoms with E-state index in [1.165, 1.54) is 7.11 Å². The fraction of sp³-hybridized carbons (Fsp3) is 0.571. The van der Waals surface area contributed by atoms with Crippen LogP contribution in [0.1, 0.15) is 38.2 Å². The first-order valence-electron chi connectivity index (χ1n) is 6.13. The highest BCUT2D eigenvalue weighted by Gasteiger charge is 2.17. The van der Waals surface area contributed by atoms with Crippen LogP contribution >= 0.6 is 0 Å². The molecule has 1 rings (SSSR count). The molecule has 0 radical (unpaired) electrons. The van der Waals surface area contributed by atoms with Crippen molar-refractivity contribution >= 4 is 0 Å². The van der Waals surface area contributed by atoms with Gasteiger partial charge in [-0.3, -0.25) is 0 Å². The Bertz CT molecular complexity index is 352. The molecule has 0 spiro atoms. The van der Waals surface area contributed by atoms with E-state index in [0.717, 1.165) is 18.4 Å². The Kier molecular flexibility index (Phi) is 5.42. The van der Waals surface area contributed by atoms with Gasteiger partial charge in [-0.1, -0.05) is 19.9 Å². The minimum Gasteiger partial charge on any atom is -0.494 e. The van der Waals surface area contributed by atoms with Crippen molar-refractivity contribution in [1.29, 1.82) is 0 Å². The van der Waals surface area contributed by atoms with Crippen molar-refractivity contribution in [3.63, 3.8) is 0 Å². The topological polar surface area (TPSA) is 35.2 Å². The van der Waals surface area contributed by atoms with E-state index in [1.807, 2.05) is 6.07 Å². The molecule has 0 amide bonds. The third-order valence-electron chi connectivity index (χ3n) is 3.13. The van der Waals surface area contributed by atoms with Crippen molar-refractivity contribution in [3.8, 4) is 5.75 Å². The maximum atomic E-state index is 13.6. The first-order chi connectivity index (χ1) is 8.10. The van der Waals surface area contributed by atoms with Crippen molar-refractivity contribution in [2.45, 2.75) is 32.6 Å². The number of ether oxygens (including phenoxy) is 1. The smallest absolute Gasteiger partial charge is 0.165 e. The molecule has 0 aliphatic rings. The summed E-state index contributed by atoms with van der Waals surface area (Å²) >= 11 is 0. The number of hydrogen-bond acceptors (Lipinski definition) is 2. The second-order valence-corrected chi connectivity index (χ2v) is 4.68. The van der Waals surface area contributed by atoms with Crippen LogP contribution in [0.25, 0.3) is 0 Å². The lowest BCUT2D eigenvalue weighted by atomic mass is 9.85. The molecule has 3 heteroatoms. The molecule has 1 aromatic carbocycles. The molecule has 96 valence electrons. The predicted molar refractivity (Wildman–Crippen MR) is 68.8 cm³/mol. The molecule has 1 atom stereocenters. The molecule has 0 aliphatic carbocycles. The Morgan fingerprint density at radius 1 is 1.35 bits per heavy atom. The first-order valence-corrected chi connectivity index (χ1v) is 6.13. The summed E-state index contributed by atoms with van der Waals surface area (Å²) in [5.74, 6) is 0.854. The van der Waals surface area contributed by atoms with Gasteiger partial charge in [0, 0.05) is 0 Å². The third kappa shape index (κ3) is 3.70. The van der Waals surface area contributed by atoms with Gasteiger partial charge in [0.2, 0.25) is 0 Å². The van der Waals surface area contributed by atoms with Gasteiger partial charge < -0.3 is 10.5 Å². The maximum Gasteiger partial charge on any atom is 0.165 e. The summed E-state index contributed by atoms with van der Waals surface area (Å²) in [6, 6.07) is 5.23. The summed E-state index contributed by atoms with van der Waals surface area (Å²) in [5, 5.41) is 0. The normalized spacial score (nSPS) is 12.8. The zero-order valence-corrected chi connectivity index (χ0v) is 10.9. The van der Waals surface area contributed by atoms with Crippen LogP contribution in [-0.2, 0) is 0 Å². The molecule has 0 saturated heterocycles. The van der Waals surface area contributed by atoms with E-state index >= 15 is 0 Å². The van der Waals surface area contributed by atoms with Crippen LogP contribution < -0.4 is 10.5 Å². The van der Waals surface area contributed by atoms with E-state index in [2.05, 4.69) is 13.8 Å². The molecule has 0 saturated carbocycles. The quantitative estimate of drug-likeness (QED) is 0.826. The second kappa shape index (κ2) is 6.60. The average molecular weight is 239 g/mol. The number of halogens is 1. The van der Waals surface area contributed by atoms with Crippen LogP contribution in [0.2, 0.25) is 0 Å². The van der Waals surface area contributed by atoms with Gasteiger partial charge in [0.1, 0.15) is 0 Å². The molecular weight excluding hydrogens is 217 g/mol. The van der Waals surface area contributed by atoms with Gasteiger partial charge in [-0.15, -0.1) is 0 Å². The summed E-state index contributed by atoms with van der Waals surface area (Å²) < 4.78 is 18.6. The van der Waals surface area contributed by atoms with Crippen LogP contribution in [0.5, 0.6) is 5.75 Å². The zero-order chi connectivity index (χ0) is 12.8. The van der Waals surface area contributed by atoms with E-state index in [1.54, 1.807) is 12.1 Å². The predicted octanol–water partition coefficient (Wildman–Crippen LogP) is 3.31. The summed E-state index contributed by atoms with van der Waals surface area (Å²) in [7, 11) is 1.48. The summed E-state index contributed by atoms with van der Waals surface area (Å²) in [6.07, 6.45) is 1.97. The lowest BCUT2D eigenvalue weighted by Gasteiger charge is -2.21. The van der Waals surface area contributed by atoms with Gasteiger partial charge in [-0.2, -0.15) is 0 Å². The monoisotopic (exact) mass is 239 g/mol. The molecule has 1 aromatic rings. The lowest BCUT2D eigenvalue weighted by molar-refractivity contribution is 0.384. The highest BCUT2D eigenvalue weighted by Crippen LogP contribution is 2.31. The number of benzene rings is 1. The molecule has 0 fully saturated rings. The summed E-state index contributed by atoms with van der Waals surface area (Å²) in [4.78, 5) is 0. The Morgan fingerprint density at radius 3 is 2.53 bits per heavy atom. The standard InChI is InChI=1S/C14H22FNO/c1-10(2)12(5-4-8-16)11-6-7-14(17-3)13(15)9-11/h6-7,9-10,12H,4-5,8,16H2,1-3H3.